The van der Waals surface area contributed by atoms with Crippen LogP contribution in [-0.2, 0) is 25.5 Å². The molecule has 0 bridgehead atoms. The third kappa shape index (κ3) is 6.46. The molecule has 1 N–H and O–H groups in total. The SMILES string of the molecule is CC(=O)[C@H](Cc1ccccc1)NC(=O)COC(=O)CSc1ccc2ccccc2c1. The molecule has 1 atom stereocenters. The minimum atomic E-state index is -0.648. The highest BCUT2D eigenvalue weighted by Crippen LogP contribution is 2.23. The molecule has 3 aromatic carbocycles. The number of carbonyl (C=O) groups excluding carboxylic acids is 3. The number of esters is 1. The fraction of sp³-hybridized carbons (Fsp3) is 0.208. The van der Waals surface area contributed by atoms with E-state index in [0.29, 0.717) is 6.42 Å². The Morgan fingerprint density at radius 2 is 1.63 bits per heavy atom. The summed E-state index contributed by atoms with van der Waals surface area (Å²) in [7, 11) is 0. The maximum absolute atomic E-state index is 12.1. The predicted molar refractivity (Wildman–Crippen MR) is 118 cm³/mol. The van der Waals surface area contributed by atoms with Gasteiger partial charge in [-0.25, -0.2) is 0 Å². The van der Waals surface area contributed by atoms with Crippen molar-refractivity contribution in [2.45, 2.75) is 24.3 Å². The van der Waals surface area contributed by atoms with Crippen LogP contribution in [0.25, 0.3) is 10.8 Å². The van der Waals surface area contributed by atoms with Crippen molar-refractivity contribution < 1.29 is 19.1 Å². The number of fused-ring (bicyclic) bond motifs is 1. The fourth-order valence-corrected chi connectivity index (χ4v) is 3.71. The summed E-state index contributed by atoms with van der Waals surface area (Å²) >= 11 is 1.36. The van der Waals surface area contributed by atoms with Gasteiger partial charge >= 0.3 is 5.97 Å². The van der Waals surface area contributed by atoms with E-state index in [1.807, 2.05) is 72.8 Å². The lowest BCUT2D eigenvalue weighted by atomic mass is 10.0. The number of hydrogen-bond acceptors (Lipinski definition) is 5. The van der Waals surface area contributed by atoms with Gasteiger partial charge in [-0.05, 0) is 41.8 Å². The van der Waals surface area contributed by atoms with Crippen LogP contribution in [0.1, 0.15) is 12.5 Å². The number of Topliss-reactive ketones (excluding diaryl/α,β-unsaturated/α-hetero) is 1. The maximum atomic E-state index is 12.1. The first-order valence-electron chi connectivity index (χ1n) is 9.62. The van der Waals surface area contributed by atoms with E-state index in [-0.39, 0.29) is 11.5 Å². The molecule has 0 aromatic heterocycles. The van der Waals surface area contributed by atoms with Crippen molar-refractivity contribution in [3.05, 3.63) is 78.4 Å². The molecule has 0 spiro atoms. The van der Waals surface area contributed by atoms with Crippen molar-refractivity contribution in [2.75, 3.05) is 12.4 Å². The van der Waals surface area contributed by atoms with E-state index in [9.17, 15) is 14.4 Å². The van der Waals surface area contributed by atoms with Gasteiger partial charge in [0.15, 0.2) is 12.4 Å². The molecule has 0 saturated heterocycles. The van der Waals surface area contributed by atoms with Crippen molar-refractivity contribution in [1.29, 1.82) is 0 Å². The van der Waals surface area contributed by atoms with Gasteiger partial charge in [0.05, 0.1) is 11.8 Å². The number of rotatable bonds is 9. The fourth-order valence-electron chi connectivity index (χ4n) is 2.97. The van der Waals surface area contributed by atoms with E-state index in [4.69, 9.17) is 4.74 Å². The summed E-state index contributed by atoms with van der Waals surface area (Å²) in [6, 6.07) is 22.8. The summed E-state index contributed by atoms with van der Waals surface area (Å²) in [6.07, 6.45) is 0.397. The summed E-state index contributed by atoms with van der Waals surface area (Å²) in [4.78, 5) is 36.9. The van der Waals surface area contributed by atoms with Crippen LogP contribution in [0, 0.1) is 0 Å². The minimum Gasteiger partial charge on any atom is -0.455 e. The van der Waals surface area contributed by atoms with E-state index in [2.05, 4.69) is 5.32 Å². The van der Waals surface area contributed by atoms with Gasteiger partial charge in [-0.3, -0.25) is 14.4 Å². The number of nitrogens with one attached hydrogen (secondary N) is 1. The first-order valence-corrected chi connectivity index (χ1v) is 10.6. The van der Waals surface area contributed by atoms with E-state index >= 15 is 0 Å². The maximum Gasteiger partial charge on any atom is 0.316 e. The van der Waals surface area contributed by atoms with Gasteiger partial charge in [0.25, 0.3) is 5.91 Å². The smallest absolute Gasteiger partial charge is 0.316 e. The lowest BCUT2D eigenvalue weighted by Crippen LogP contribution is -2.43. The monoisotopic (exact) mass is 421 g/mol. The molecule has 0 aliphatic heterocycles. The minimum absolute atomic E-state index is 0.103. The zero-order valence-corrected chi connectivity index (χ0v) is 17.5. The third-order valence-electron chi connectivity index (χ3n) is 4.55. The number of benzene rings is 3. The lowest BCUT2D eigenvalue weighted by molar-refractivity contribution is -0.146. The molecule has 0 aliphatic rings. The van der Waals surface area contributed by atoms with Crippen molar-refractivity contribution in [1.82, 2.24) is 5.32 Å². The predicted octanol–water partition coefficient (Wildman–Crippen LogP) is 3.79. The average molecular weight is 422 g/mol. The molecule has 0 saturated carbocycles. The quantitative estimate of drug-likeness (QED) is 0.420. The van der Waals surface area contributed by atoms with Gasteiger partial charge in [-0.15, -0.1) is 11.8 Å². The molecule has 5 nitrogen and oxygen atoms in total. The molecular weight excluding hydrogens is 398 g/mol. The standard InChI is InChI=1S/C24H23NO4S/c1-17(26)22(13-18-7-3-2-4-8-18)25-23(27)15-29-24(28)16-30-21-12-11-19-9-5-6-10-20(19)14-21/h2-12,14,22H,13,15-16H2,1H3,(H,25,27)/t22-/m0/s1. The Hall–Kier alpha value is -3.12. The summed E-state index contributed by atoms with van der Waals surface area (Å²) < 4.78 is 5.06. The van der Waals surface area contributed by atoms with Gasteiger partial charge in [0.2, 0.25) is 0 Å². The van der Waals surface area contributed by atoms with Crippen molar-refractivity contribution in [3.8, 4) is 0 Å². The number of carbonyl (C=O) groups is 3. The molecule has 0 unspecified atom stereocenters. The van der Waals surface area contributed by atoms with Crippen LogP contribution >= 0.6 is 11.8 Å². The molecule has 0 radical (unpaired) electrons. The largest absolute Gasteiger partial charge is 0.455 e. The zero-order valence-electron chi connectivity index (χ0n) is 16.7. The molecule has 0 aliphatic carbocycles. The summed E-state index contributed by atoms with van der Waals surface area (Å²) in [6.45, 7) is 1.02. The topological polar surface area (TPSA) is 72.5 Å². The number of ketones is 1. The first kappa shape index (κ1) is 21.6. The van der Waals surface area contributed by atoms with Crippen LogP contribution in [-0.4, -0.2) is 36.1 Å². The van der Waals surface area contributed by atoms with Gasteiger partial charge in [0.1, 0.15) is 0 Å². The summed E-state index contributed by atoms with van der Waals surface area (Å²) in [5.74, 6) is -1.02. The van der Waals surface area contributed by atoms with Crippen molar-refractivity contribution in [3.63, 3.8) is 0 Å². The molecular formula is C24H23NO4S. The Kier molecular flexibility index (Phi) is 7.63. The van der Waals surface area contributed by atoms with Crippen LogP contribution in [0.15, 0.2) is 77.7 Å². The Morgan fingerprint density at radius 3 is 2.37 bits per heavy atom. The highest BCUT2D eigenvalue weighted by Gasteiger charge is 2.18. The molecule has 1 amide bonds. The van der Waals surface area contributed by atoms with E-state index < -0.39 is 24.5 Å². The Morgan fingerprint density at radius 1 is 0.933 bits per heavy atom. The number of amides is 1. The molecule has 30 heavy (non-hydrogen) atoms. The molecule has 6 heteroatoms. The van der Waals surface area contributed by atoms with Gasteiger partial charge < -0.3 is 10.1 Å². The van der Waals surface area contributed by atoms with Crippen molar-refractivity contribution >= 4 is 40.2 Å². The molecule has 0 fully saturated rings. The molecule has 0 heterocycles. The normalized spacial score (nSPS) is 11.6. The molecule has 154 valence electrons. The van der Waals surface area contributed by atoms with Crippen molar-refractivity contribution in [2.24, 2.45) is 0 Å². The summed E-state index contributed by atoms with van der Waals surface area (Å²) in [5, 5.41) is 4.88. The van der Waals surface area contributed by atoms with Crippen LogP contribution in [0.4, 0.5) is 0 Å². The first-order chi connectivity index (χ1) is 14.5. The second-order valence-electron chi connectivity index (χ2n) is 6.88. The molecule has 3 rings (SSSR count). The van der Waals surface area contributed by atoms with E-state index in [0.717, 1.165) is 21.2 Å². The van der Waals surface area contributed by atoms with Crippen LogP contribution in [0.5, 0.6) is 0 Å². The second-order valence-corrected chi connectivity index (χ2v) is 7.93. The zero-order chi connectivity index (χ0) is 21.3. The van der Waals surface area contributed by atoms with Crippen LogP contribution < -0.4 is 5.32 Å². The van der Waals surface area contributed by atoms with E-state index in [1.54, 1.807) is 0 Å². The lowest BCUT2D eigenvalue weighted by Gasteiger charge is -2.16. The van der Waals surface area contributed by atoms with Gasteiger partial charge in [-0.2, -0.15) is 0 Å². The number of hydrogen-bond donors (Lipinski definition) is 1. The third-order valence-corrected chi connectivity index (χ3v) is 5.52. The van der Waals surface area contributed by atoms with E-state index in [1.165, 1.54) is 18.7 Å². The number of thioether (sulfide) groups is 1. The highest BCUT2D eigenvalue weighted by molar-refractivity contribution is 8.00. The van der Waals surface area contributed by atoms with Gasteiger partial charge in [-0.1, -0.05) is 60.7 Å². The second kappa shape index (κ2) is 10.6. The Labute approximate surface area is 179 Å². The van der Waals surface area contributed by atoms with Crippen LogP contribution in [0.3, 0.4) is 0 Å². The Balaban J connectivity index is 1.44. The van der Waals surface area contributed by atoms with Gasteiger partial charge in [0, 0.05) is 4.90 Å². The number of ether oxygens (including phenoxy) is 1. The highest BCUT2D eigenvalue weighted by atomic mass is 32.2. The molecule has 3 aromatic rings. The van der Waals surface area contributed by atoms with Crippen LogP contribution in [0.2, 0.25) is 0 Å². The average Bonchev–Trinajstić information content (AvgIpc) is 2.76. The summed E-state index contributed by atoms with van der Waals surface area (Å²) in [5.41, 5.74) is 0.946. The Bertz CT molecular complexity index is 1040.